The van der Waals surface area contributed by atoms with Crippen LogP contribution in [0.25, 0.3) is 0 Å². The number of likely N-dealkylation sites (N-methyl/N-ethyl adjacent to an activating group) is 1. The first kappa shape index (κ1) is 43.7. The molecule has 3 unspecified atom stereocenters. The molecule has 5 saturated carbocycles. The topological polar surface area (TPSA) is 107 Å². The van der Waals surface area contributed by atoms with Crippen LogP contribution in [-0.4, -0.2) is 83.7 Å². The number of allylic oxidation sites excluding steroid dienone is 1. The average Bonchev–Trinajstić information content (AvgIpc) is 3.65. The number of hydrogen-bond acceptors (Lipinski definition) is 7. The van der Waals surface area contributed by atoms with Gasteiger partial charge < -0.3 is 19.8 Å². The number of carbonyl (C=O) groups excluding carboxylic acids is 2. The van der Waals surface area contributed by atoms with Crippen LogP contribution in [-0.2, 0) is 25.7 Å². The highest BCUT2D eigenvalue weighted by molar-refractivity contribution is 6.30. The van der Waals surface area contributed by atoms with Crippen molar-refractivity contribution in [1.82, 2.24) is 9.80 Å². The van der Waals surface area contributed by atoms with Gasteiger partial charge in [-0.15, -0.1) is 0 Å². The Kier molecular flexibility index (Phi) is 11.1. The van der Waals surface area contributed by atoms with Gasteiger partial charge in [-0.25, -0.2) is 4.39 Å². The largest absolute Gasteiger partial charge is 0.481 e. The number of Topliss-reactive ketones (excluding diaryl/α,β-unsaturated/α-hetero) is 1. The maximum atomic E-state index is 15.3. The van der Waals surface area contributed by atoms with Gasteiger partial charge in [-0.2, -0.15) is 0 Å². The van der Waals surface area contributed by atoms with E-state index < -0.39 is 34.7 Å². The van der Waals surface area contributed by atoms with Crippen molar-refractivity contribution >= 4 is 29.3 Å². The third-order valence-electron chi connectivity index (χ3n) is 18.2. The van der Waals surface area contributed by atoms with E-state index in [-0.39, 0.29) is 62.2 Å². The van der Waals surface area contributed by atoms with Gasteiger partial charge in [0.15, 0.2) is 5.78 Å². The van der Waals surface area contributed by atoms with Crippen LogP contribution in [0, 0.1) is 61.5 Å². The zero-order valence-electron chi connectivity index (χ0n) is 36.9. The molecule has 0 aromatic heterocycles. The molecule has 58 heavy (non-hydrogen) atoms. The van der Waals surface area contributed by atoms with Gasteiger partial charge in [0.25, 0.3) is 0 Å². The second kappa shape index (κ2) is 14.7. The van der Waals surface area contributed by atoms with Crippen molar-refractivity contribution < 1.29 is 33.7 Å². The quantitative estimate of drug-likeness (QED) is 0.190. The number of aliphatic carboxylic acids is 1. The molecular weight excluding hydrogens is 755 g/mol. The molecule has 0 amide bonds. The molecule has 2 N–H and O–H groups in total. The smallest absolute Gasteiger partial charge is 0.309 e. The van der Waals surface area contributed by atoms with Crippen molar-refractivity contribution in [3.63, 3.8) is 0 Å². The number of carbonyl (C=O) groups is 3. The van der Waals surface area contributed by atoms with Gasteiger partial charge in [-0.1, -0.05) is 70.8 Å². The molecule has 6 aliphatic rings. The maximum Gasteiger partial charge on any atom is 0.309 e. The van der Waals surface area contributed by atoms with Crippen LogP contribution in [0.4, 0.5) is 4.39 Å². The lowest BCUT2D eigenvalue weighted by Gasteiger charge is -2.71. The highest BCUT2D eigenvalue weighted by Gasteiger charge is 2.82. The van der Waals surface area contributed by atoms with E-state index >= 15 is 4.39 Å². The second-order valence-electron chi connectivity index (χ2n) is 22.0. The summed E-state index contributed by atoms with van der Waals surface area (Å²) < 4.78 is 21.5. The van der Waals surface area contributed by atoms with Crippen molar-refractivity contribution in [3.8, 4) is 0 Å². The number of fused-ring (bicyclic) bond motifs is 6. The molecule has 0 aliphatic heterocycles. The molecule has 6 aliphatic carbocycles. The summed E-state index contributed by atoms with van der Waals surface area (Å²) in [6, 6.07) is 5.10. The number of esters is 1. The Bertz CT molecular complexity index is 1880. The minimum Gasteiger partial charge on any atom is -0.481 e. The monoisotopic (exact) mass is 824 g/mol. The van der Waals surface area contributed by atoms with Gasteiger partial charge in [0.2, 0.25) is 0 Å². The van der Waals surface area contributed by atoms with Crippen LogP contribution < -0.4 is 0 Å². The van der Waals surface area contributed by atoms with Crippen molar-refractivity contribution in [1.29, 1.82) is 0 Å². The highest BCUT2D eigenvalue weighted by atomic mass is 35.5. The minimum absolute atomic E-state index is 0.00807. The molecule has 1 aromatic rings. The fraction of sp³-hybridized carbons (Fsp3) is 0.771. The van der Waals surface area contributed by atoms with Crippen LogP contribution in [0.3, 0.4) is 0 Å². The Balaban J connectivity index is 1.17. The lowest BCUT2D eigenvalue weighted by atomic mass is 9.33. The van der Waals surface area contributed by atoms with Gasteiger partial charge in [0.1, 0.15) is 11.9 Å². The Morgan fingerprint density at radius 3 is 2.31 bits per heavy atom. The van der Waals surface area contributed by atoms with E-state index in [1.165, 1.54) is 5.57 Å². The van der Waals surface area contributed by atoms with Gasteiger partial charge in [0.05, 0.1) is 23.0 Å². The number of nitrogens with zero attached hydrogens (tertiary/aromatic N) is 2. The summed E-state index contributed by atoms with van der Waals surface area (Å²) in [6.07, 6.45) is 7.84. The minimum atomic E-state index is -1.17. The first-order valence-corrected chi connectivity index (χ1v) is 22.5. The third-order valence-corrected chi connectivity index (χ3v) is 18.5. The predicted octanol–water partition coefficient (Wildman–Crippen LogP) is 9.35. The van der Waals surface area contributed by atoms with Crippen molar-refractivity contribution in [3.05, 3.63) is 45.7 Å². The SMILES string of the molecule is CC(C)C1=C2[C@H]3CC[C@@H]4[C@@]5(C)CC[C@H](OC(=O)CC(C)(C)C(=O)O)C6(C)C[C@]65CC[C@@]4(C)[C@]3(C)CCC2(C(O)CN(CCN(C)C)Cc2cccc(Cl)c2F)CC1=O. The fourth-order valence-electron chi connectivity index (χ4n) is 14.6. The number of rotatable bonds is 13. The number of carboxylic acids is 1. The summed E-state index contributed by atoms with van der Waals surface area (Å²) in [6.45, 7) is 19.4. The molecule has 0 heterocycles. The third kappa shape index (κ3) is 6.39. The van der Waals surface area contributed by atoms with Crippen molar-refractivity contribution in [2.75, 3.05) is 33.7 Å². The summed E-state index contributed by atoms with van der Waals surface area (Å²) in [5.74, 6) is -0.954. The molecule has 1 spiro atoms. The lowest BCUT2D eigenvalue weighted by molar-refractivity contribution is -0.221. The number of ketones is 1. The highest BCUT2D eigenvalue weighted by Crippen LogP contribution is 2.87. The van der Waals surface area contributed by atoms with Gasteiger partial charge >= 0.3 is 11.9 Å². The van der Waals surface area contributed by atoms with E-state index in [1.807, 2.05) is 14.1 Å². The van der Waals surface area contributed by atoms with Crippen LogP contribution in [0.15, 0.2) is 29.3 Å². The predicted molar refractivity (Wildman–Crippen MR) is 224 cm³/mol. The number of aliphatic hydroxyl groups is 1. The Labute approximate surface area is 351 Å². The summed E-state index contributed by atoms with van der Waals surface area (Å²) in [4.78, 5) is 43.5. The number of benzene rings is 1. The Hall–Kier alpha value is -2.33. The number of carboxylic acid groups (broad SMARTS) is 1. The molecule has 0 radical (unpaired) electrons. The van der Waals surface area contributed by atoms with Crippen LogP contribution in [0.1, 0.15) is 132 Å². The number of aliphatic hydroxyl groups excluding tert-OH is 1. The summed E-state index contributed by atoms with van der Waals surface area (Å²) in [7, 11) is 4.03. The molecular formula is C48H70ClFN2O6. The van der Waals surface area contributed by atoms with Gasteiger partial charge in [-0.05, 0) is 137 Å². The fourth-order valence-corrected chi connectivity index (χ4v) is 14.8. The second-order valence-corrected chi connectivity index (χ2v) is 22.4. The maximum absolute atomic E-state index is 15.3. The number of halogens is 2. The van der Waals surface area contributed by atoms with Crippen molar-refractivity contribution in [2.24, 2.45) is 55.7 Å². The molecule has 10 heteroatoms. The average molecular weight is 826 g/mol. The molecule has 0 bridgehead atoms. The molecule has 322 valence electrons. The standard InChI is InChI=1S/C48H70ClFN2O6/c1-29(2)38-33(53)24-47(35(54)27-52(23-22-51(9)10)26-30-12-11-13-32(49)40(30)50)20-18-43(5)31(39(38)47)14-15-34-44(43,6)19-21-48-28-46(48,8)36(16-17-45(34,48)7)58-37(55)25-42(3,4)41(56)57/h11-13,29,31,34-36,54H,14-28H2,1-10H3,(H,56,57)/t31-,34+,35?,36+,43-,44-,45-,46?,47?,48+/m1/s1. The molecule has 7 rings (SSSR count). The summed E-state index contributed by atoms with van der Waals surface area (Å²) >= 11 is 6.21. The Morgan fingerprint density at radius 2 is 1.66 bits per heavy atom. The van der Waals surface area contributed by atoms with Crippen LogP contribution in [0.5, 0.6) is 0 Å². The zero-order chi connectivity index (χ0) is 42.6. The van der Waals surface area contributed by atoms with Crippen molar-refractivity contribution in [2.45, 2.75) is 145 Å². The molecule has 8 nitrogen and oxygen atoms in total. The lowest BCUT2D eigenvalue weighted by Crippen LogP contribution is -2.65. The first-order valence-electron chi connectivity index (χ1n) is 22.1. The summed E-state index contributed by atoms with van der Waals surface area (Å²) in [5, 5.41) is 22.4. The number of hydrogen-bond donors (Lipinski definition) is 2. The summed E-state index contributed by atoms with van der Waals surface area (Å²) in [5.41, 5.74) is 0.781. The Morgan fingerprint density at radius 1 is 0.966 bits per heavy atom. The van der Waals surface area contributed by atoms with E-state index in [4.69, 9.17) is 16.3 Å². The molecule has 5 fully saturated rings. The van der Waals surface area contributed by atoms with E-state index in [0.29, 0.717) is 37.5 Å². The molecule has 10 atom stereocenters. The van der Waals surface area contributed by atoms with E-state index in [0.717, 1.165) is 69.9 Å². The van der Waals surface area contributed by atoms with E-state index in [2.05, 4.69) is 51.3 Å². The normalized spacial score (nSPS) is 38.6. The first-order chi connectivity index (χ1) is 26.9. The van der Waals surface area contributed by atoms with E-state index in [9.17, 15) is 24.6 Å². The number of ether oxygens (including phenoxy) is 1. The van der Waals surface area contributed by atoms with E-state index in [1.54, 1.807) is 32.0 Å². The van der Waals surface area contributed by atoms with Gasteiger partial charge in [-0.3, -0.25) is 19.3 Å². The molecule has 1 aromatic carbocycles. The van der Waals surface area contributed by atoms with Crippen LogP contribution in [0.2, 0.25) is 5.02 Å². The molecule has 0 saturated heterocycles. The van der Waals surface area contributed by atoms with Gasteiger partial charge in [0, 0.05) is 49.0 Å². The van der Waals surface area contributed by atoms with Crippen LogP contribution >= 0.6 is 11.6 Å². The zero-order valence-corrected chi connectivity index (χ0v) is 37.7.